The Morgan fingerprint density at radius 1 is 0.816 bits per heavy atom. The molecule has 1 N–H and O–H groups in total. The fourth-order valence-electron chi connectivity index (χ4n) is 5.52. The van der Waals surface area contributed by atoms with Crippen molar-refractivity contribution in [1.82, 2.24) is 5.32 Å². The van der Waals surface area contributed by atoms with E-state index >= 15 is 0 Å². The molecule has 2 nitrogen and oxygen atoms in total. The van der Waals surface area contributed by atoms with Gasteiger partial charge in [0, 0.05) is 17.9 Å². The lowest BCUT2D eigenvalue weighted by molar-refractivity contribution is -0.137. The van der Waals surface area contributed by atoms with Crippen LogP contribution in [0.4, 0.5) is 17.6 Å². The molecule has 4 rings (SSSR count). The molecule has 1 atom stereocenters. The first-order valence-electron chi connectivity index (χ1n) is 13.2. The molecule has 6 heteroatoms. The SMILES string of the molecule is CC(C)(C)c1ccc(C(CC(=O)NC2CCCC2)(Cc2ccccc2)c2cc(F)cc(C(F)(F)F)c2)cc1. The monoisotopic (exact) mass is 525 g/mol. The molecule has 202 valence electrons. The van der Waals surface area contributed by atoms with Crippen LogP contribution in [0.1, 0.15) is 80.7 Å². The van der Waals surface area contributed by atoms with Crippen molar-refractivity contribution in [2.75, 3.05) is 0 Å². The molecule has 1 aliphatic rings. The van der Waals surface area contributed by atoms with Crippen molar-refractivity contribution in [1.29, 1.82) is 0 Å². The summed E-state index contributed by atoms with van der Waals surface area (Å²) in [7, 11) is 0. The van der Waals surface area contributed by atoms with Crippen molar-refractivity contribution in [3.8, 4) is 0 Å². The van der Waals surface area contributed by atoms with E-state index in [4.69, 9.17) is 0 Å². The second-order valence-electron chi connectivity index (χ2n) is 11.5. The van der Waals surface area contributed by atoms with Crippen molar-refractivity contribution in [3.63, 3.8) is 0 Å². The Morgan fingerprint density at radius 3 is 1.97 bits per heavy atom. The number of rotatable bonds is 7. The number of amides is 1. The third kappa shape index (κ3) is 6.46. The van der Waals surface area contributed by atoms with E-state index in [1.165, 1.54) is 0 Å². The van der Waals surface area contributed by atoms with Gasteiger partial charge in [0.05, 0.1) is 5.56 Å². The van der Waals surface area contributed by atoms with Gasteiger partial charge in [-0.3, -0.25) is 4.79 Å². The number of carbonyl (C=O) groups excluding carboxylic acids is 1. The third-order valence-corrected chi connectivity index (χ3v) is 7.61. The van der Waals surface area contributed by atoms with Gasteiger partial charge in [0.15, 0.2) is 0 Å². The minimum atomic E-state index is -4.72. The zero-order valence-corrected chi connectivity index (χ0v) is 22.2. The van der Waals surface area contributed by atoms with Gasteiger partial charge in [0.1, 0.15) is 5.82 Å². The Balaban J connectivity index is 1.91. The smallest absolute Gasteiger partial charge is 0.353 e. The summed E-state index contributed by atoms with van der Waals surface area (Å²) in [5.74, 6) is -1.22. The maximum atomic E-state index is 14.8. The minimum absolute atomic E-state index is 0.0541. The number of benzene rings is 3. The van der Waals surface area contributed by atoms with Crippen LogP contribution in [0.5, 0.6) is 0 Å². The molecule has 1 amide bonds. The van der Waals surface area contributed by atoms with Gasteiger partial charge in [-0.2, -0.15) is 13.2 Å². The molecule has 0 aromatic heterocycles. The maximum absolute atomic E-state index is 14.8. The van der Waals surface area contributed by atoms with Crippen LogP contribution in [0.2, 0.25) is 0 Å². The van der Waals surface area contributed by atoms with E-state index in [0.717, 1.165) is 48.9 Å². The molecule has 0 bridgehead atoms. The van der Waals surface area contributed by atoms with Crippen LogP contribution in [0.3, 0.4) is 0 Å². The predicted octanol–water partition coefficient (Wildman–Crippen LogP) is 8.12. The second kappa shape index (κ2) is 10.9. The van der Waals surface area contributed by atoms with E-state index in [1.54, 1.807) is 0 Å². The molecule has 0 spiro atoms. The molecular formula is C32H35F4NO. The third-order valence-electron chi connectivity index (χ3n) is 7.61. The normalized spacial score (nSPS) is 16.3. The van der Waals surface area contributed by atoms with Crippen molar-refractivity contribution in [2.24, 2.45) is 0 Å². The highest BCUT2D eigenvalue weighted by molar-refractivity contribution is 5.79. The lowest BCUT2D eigenvalue weighted by Crippen LogP contribution is -2.41. The summed E-state index contributed by atoms with van der Waals surface area (Å²) >= 11 is 0. The van der Waals surface area contributed by atoms with Gasteiger partial charge in [0.2, 0.25) is 5.91 Å². The highest BCUT2D eigenvalue weighted by atomic mass is 19.4. The summed E-state index contributed by atoms with van der Waals surface area (Å²) in [6.07, 6.45) is -0.751. The van der Waals surface area contributed by atoms with Gasteiger partial charge in [-0.25, -0.2) is 4.39 Å². The quantitative estimate of drug-likeness (QED) is 0.310. The average molecular weight is 526 g/mol. The molecule has 1 unspecified atom stereocenters. The van der Waals surface area contributed by atoms with E-state index in [0.29, 0.717) is 11.6 Å². The molecule has 0 saturated heterocycles. The number of halogens is 4. The molecular weight excluding hydrogens is 490 g/mol. The first-order valence-corrected chi connectivity index (χ1v) is 13.2. The van der Waals surface area contributed by atoms with Gasteiger partial charge in [-0.1, -0.05) is 88.2 Å². The zero-order chi connectivity index (χ0) is 27.6. The minimum Gasteiger partial charge on any atom is -0.353 e. The van der Waals surface area contributed by atoms with Gasteiger partial charge >= 0.3 is 6.18 Å². The predicted molar refractivity (Wildman–Crippen MR) is 142 cm³/mol. The highest BCUT2D eigenvalue weighted by Gasteiger charge is 2.40. The van der Waals surface area contributed by atoms with Crippen molar-refractivity contribution < 1.29 is 22.4 Å². The lowest BCUT2D eigenvalue weighted by Gasteiger charge is -2.36. The molecule has 0 radical (unpaired) electrons. The summed E-state index contributed by atoms with van der Waals surface area (Å²) in [5, 5.41) is 3.10. The van der Waals surface area contributed by atoms with Crippen molar-refractivity contribution in [2.45, 2.75) is 82.3 Å². The van der Waals surface area contributed by atoms with E-state index < -0.39 is 23.0 Å². The lowest BCUT2D eigenvalue weighted by atomic mass is 9.67. The first kappa shape index (κ1) is 27.9. The fourth-order valence-corrected chi connectivity index (χ4v) is 5.52. The first-order chi connectivity index (χ1) is 17.9. The molecule has 0 heterocycles. The second-order valence-corrected chi connectivity index (χ2v) is 11.5. The molecule has 1 saturated carbocycles. The standard InChI is InChI=1S/C32H35F4NO/c1-30(2,3)23-13-15-24(16-14-23)31(20-22-9-5-4-6-10-22,21-29(38)37-28-11-7-8-12-28)25-17-26(32(34,35)36)19-27(33)18-25/h4-6,9-10,13-19,28H,7-8,11-12,20-21H2,1-3H3,(H,37,38). The van der Waals surface area contributed by atoms with E-state index in [1.807, 2.05) is 54.6 Å². The van der Waals surface area contributed by atoms with E-state index in [-0.39, 0.29) is 35.8 Å². The number of hydrogen-bond acceptors (Lipinski definition) is 1. The Morgan fingerprint density at radius 2 is 1.39 bits per heavy atom. The molecule has 1 fully saturated rings. The Labute approximate surface area is 222 Å². The average Bonchev–Trinajstić information content (AvgIpc) is 3.36. The Kier molecular flexibility index (Phi) is 8.01. The number of alkyl halides is 3. The summed E-state index contributed by atoms with van der Waals surface area (Å²) in [6, 6.07) is 19.7. The van der Waals surface area contributed by atoms with Crippen LogP contribution in [0.15, 0.2) is 72.8 Å². The number of hydrogen-bond donors (Lipinski definition) is 1. The van der Waals surface area contributed by atoms with Crippen LogP contribution in [0.25, 0.3) is 0 Å². The zero-order valence-electron chi connectivity index (χ0n) is 22.2. The molecule has 38 heavy (non-hydrogen) atoms. The van der Waals surface area contributed by atoms with Gasteiger partial charge in [-0.05, 0) is 65.1 Å². The van der Waals surface area contributed by atoms with E-state index in [2.05, 4.69) is 26.1 Å². The maximum Gasteiger partial charge on any atom is 0.416 e. The summed E-state index contributed by atoms with van der Waals surface area (Å²) in [6.45, 7) is 6.24. The van der Waals surface area contributed by atoms with Crippen LogP contribution in [0, 0.1) is 5.82 Å². The summed E-state index contributed by atoms with van der Waals surface area (Å²) in [5.41, 5.74) is 0.297. The largest absolute Gasteiger partial charge is 0.416 e. The van der Waals surface area contributed by atoms with Crippen LogP contribution >= 0.6 is 0 Å². The van der Waals surface area contributed by atoms with Crippen LogP contribution in [-0.2, 0) is 28.2 Å². The molecule has 0 aliphatic heterocycles. The highest BCUT2D eigenvalue weighted by Crippen LogP contribution is 2.43. The topological polar surface area (TPSA) is 29.1 Å². The van der Waals surface area contributed by atoms with Crippen molar-refractivity contribution >= 4 is 5.91 Å². The molecule has 1 aliphatic carbocycles. The summed E-state index contributed by atoms with van der Waals surface area (Å²) < 4.78 is 56.3. The van der Waals surface area contributed by atoms with Gasteiger partial charge in [0.25, 0.3) is 0 Å². The van der Waals surface area contributed by atoms with E-state index in [9.17, 15) is 22.4 Å². The Hall–Kier alpha value is -3.15. The summed E-state index contributed by atoms with van der Waals surface area (Å²) in [4.78, 5) is 13.5. The van der Waals surface area contributed by atoms with Gasteiger partial charge in [-0.15, -0.1) is 0 Å². The number of nitrogens with one attached hydrogen (secondary N) is 1. The molecule has 3 aromatic carbocycles. The Bertz CT molecular complexity index is 1240. The fraction of sp³-hybridized carbons (Fsp3) is 0.406. The van der Waals surface area contributed by atoms with Crippen LogP contribution < -0.4 is 5.32 Å². The van der Waals surface area contributed by atoms with Crippen LogP contribution in [-0.4, -0.2) is 11.9 Å². The number of carbonyl (C=O) groups is 1. The van der Waals surface area contributed by atoms with Gasteiger partial charge < -0.3 is 5.32 Å². The van der Waals surface area contributed by atoms with Crippen molar-refractivity contribution in [3.05, 3.63) is 106 Å². The molecule has 3 aromatic rings.